The van der Waals surface area contributed by atoms with Gasteiger partial charge in [-0.2, -0.15) is 8.42 Å². The molecule has 0 fully saturated rings. The van der Waals surface area contributed by atoms with Crippen molar-refractivity contribution in [3.63, 3.8) is 0 Å². The topological polar surface area (TPSA) is 54.4 Å². The summed E-state index contributed by atoms with van der Waals surface area (Å²) < 4.78 is 31.2. The molecule has 0 saturated heterocycles. The Morgan fingerprint density at radius 3 is 1.52 bits per heavy atom. The molecule has 0 aliphatic carbocycles. The summed E-state index contributed by atoms with van der Waals surface area (Å²) in [6.45, 7) is 4.46. The van der Waals surface area contributed by atoms with Gasteiger partial charge in [0, 0.05) is 0 Å². The molecule has 0 bridgehead atoms. The Hall–Kier alpha value is 0.130. The SMILES string of the molecule is CCCCCCCCCCCCCCCCC(C)c1ccc(S(=O)(=O)O)cc1.[H-].[Na+]. The van der Waals surface area contributed by atoms with Gasteiger partial charge in [-0.3, -0.25) is 4.55 Å². The van der Waals surface area contributed by atoms with E-state index in [0.717, 1.165) is 12.0 Å². The number of benzene rings is 1. The van der Waals surface area contributed by atoms with Gasteiger partial charge in [-0.15, -0.1) is 0 Å². The average Bonchev–Trinajstić information content (AvgIpc) is 2.67. The number of hydrogen-bond acceptors (Lipinski definition) is 2. The van der Waals surface area contributed by atoms with Gasteiger partial charge in [0.05, 0.1) is 4.90 Å². The molecule has 0 spiro atoms. The van der Waals surface area contributed by atoms with Crippen molar-refractivity contribution in [3.05, 3.63) is 29.8 Å². The molecule has 1 aromatic carbocycles. The largest absolute Gasteiger partial charge is 1.00 e. The molecule has 3 nitrogen and oxygen atoms in total. The van der Waals surface area contributed by atoms with E-state index in [1.54, 1.807) is 0 Å². The van der Waals surface area contributed by atoms with E-state index in [1.165, 1.54) is 102 Å². The van der Waals surface area contributed by atoms with Gasteiger partial charge in [-0.05, 0) is 30.0 Å². The summed E-state index contributed by atoms with van der Waals surface area (Å²) in [5.41, 5.74) is 1.14. The van der Waals surface area contributed by atoms with Crippen LogP contribution >= 0.6 is 0 Å². The predicted octanol–water partition coefficient (Wildman–Crippen LogP) is 5.02. The van der Waals surface area contributed by atoms with Crippen LogP contribution in [0.5, 0.6) is 0 Å². The van der Waals surface area contributed by atoms with Crippen LogP contribution in [0.4, 0.5) is 0 Å². The van der Waals surface area contributed by atoms with Crippen LogP contribution in [0, 0.1) is 0 Å². The van der Waals surface area contributed by atoms with Crippen LogP contribution in [-0.4, -0.2) is 13.0 Å². The van der Waals surface area contributed by atoms with Crippen LogP contribution in [0.2, 0.25) is 0 Å². The van der Waals surface area contributed by atoms with Crippen molar-refractivity contribution < 1.29 is 44.0 Å². The fraction of sp³-hybridized carbons (Fsp3) is 0.750. The monoisotopic (exact) mass is 434 g/mol. The Morgan fingerprint density at radius 2 is 1.14 bits per heavy atom. The van der Waals surface area contributed by atoms with Gasteiger partial charge in [-0.25, -0.2) is 0 Å². The number of rotatable bonds is 17. The first kappa shape index (κ1) is 29.1. The fourth-order valence-corrected chi connectivity index (χ4v) is 4.26. The van der Waals surface area contributed by atoms with Crippen LogP contribution in [0.1, 0.15) is 123 Å². The van der Waals surface area contributed by atoms with E-state index in [4.69, 9.17) is 4.55 Å². The second-order valence-corrected chi connectivity index (χ2v) is 9.75. The van der Waals surface area contributed by atoms with Crippen molar-refractivity contribution in [1.82, 2.24) is 0 Å². The van der Waals surface area contributed by atoms with Gasteiger partial charge < -0.3 is 1.43 Å². The van der Waals surface area contributed by atoms with Crippen LogP contribution in [0.3, 0.4) is 0 Å². The fourth-order valence-electron chi connectivity index (χ4n) is 3.78. The molecule has 0 saturated carbocycles. The van der Waals surface area contributed by atoms with E-state index >= 15 is 0 Å². The molecule has 1 rings (SSSR count). The summed E-state index contributed by atoms with van der Waals surface area (Å²) in [6, 6.07) is 6.62. The van der Waals surface area contributed by atoms with Crippen molar-refractivity contribution in [2.75, 3.05) is 0 Å². The Kier molecular flexibility index (Phi) is 17.9. The van der Waals surface area contributed by atoms with E-state index < -0.39 is 10.1 Å². The molecule has 0 aliphatic heterocycles. The molecule has 164 valence electrons. The molecule has 1 aromatic rings. The summed E-state index contributed by atoms with van der Waals surface area (Å²) >= 11 is 0. The summed E-state index contributed by atoms with van der Waals surface area (Å²) in [6.07, 6.45) is 20.3. The Labute approximate surface area is 204 Å². The normalized spacial score (nSPS) is 12.5. The Balaban J connectivity index is 0. The molecule has 5 heteroatoms. The molecular formula is C24H43NaO3S. The Bertz CT molecular complexity index is 605. The van der Waals surface area contributed by atoms with E-state index in [2.05, 4.69) is 13.8 Å². The summed E-state index contributed by atoms with van der Waals surface area (Å²) in [5.74, 6) is 0.424. The first-order valence-corrected chi connectivity index (χ1v) is 13.0. The van der Waals surface area contributed by atoms with E-state index in [9.17, 15) is 8.42 Å². The van der Waals surface area contributed by atoms with Crippen molar-refractivity contribution in [2.45, 2.75) is 121 Å². The van der Waals surface area contributed by atoms with Crippen LogP contribution < -0.4 is 29.6 Å². The zero-order valence-corrected chi connectivity index (χ0v) is 22.0. The van der Waals surface area contributed by atoms with Gasteiger partial charge >= 0.3 is 29.6 Å². The molecule has 0 aromatic heterocycles. The quantitative estimate of drug-likeness (QED) is 0.213. The van der Waals surface area contributed by atoms with Crippen LogP contribution in [-0.2, 0) is 10.1 Å². The number of hydrogen-bond donors (Lipinski definition) is 1. The first-order valence-electron chi connectivity index (χ1n) is 11.5. The average molecular weight is 435 g/mol. The molecule has 29 heavy (non-hydrogen) atoms. The molecule has 1 N–H and O–H groups in total. The zero-order valence-electron chi connectivity index (χ0n) is 20.2. The van der Waals surface area contributed by atoms with Gasteiger partial charge in [0.1, 0.15) is 0 Å². The maximum atomic E-state index is 11.1. The molecule has 1 atom stereocenters. The third-order valence-corrected chi connectivity index (χ3v) is 6.61. The minimum atomic E-state index is -4.09. The molecule has 0 radical (unpaired) electrons. The minimum absolute atomic E-state index is 0. The maximum Gasteiger partial charge on any atom is 1.00 e. The summed E-state index contributed by atoms with van der Waals surface area (Å²) in [5, 5.41) is 0. The Morgan fingerprint density at radius 1 is 0.759 bits per heavy atom. The van der Waals surface area contributed by atoms with E-state index in [0.29, 0.717) is 5.92 Å². The third-order valence-electron chi connectivity index (χ3n) is 5.74. The van der Waals surface area contributed by atoms with Crippen molar-refractivity contribution in [3.8, 4) is 0 Å². The smallest absolute Gasteiger partial charge is 1.00 e. The second kappa shape index (κ2) is 17.8. The molecule has 0 heterocycles. The molecule has 0 aliphatic rings. The third kappa shape index (κ3) is 14.7. The molecule has 1 unspecified atom stereocenters. The standard InChI is InChI=1S/C24H42O3S.Na.H/c1-3-4-5-6-7-8-9-10-11-12-13-14-15-16-17-22(2)23-18-20-24(21-19-23)28(25,26)27;;/h18-22H,3-17H2,1-2H3,(H,25,26,27);;/q;+1;-1. The first-order chi connectivity index (χ1) is 13.4. The van der Waals surface area contributed by atoms with Crippen molar-refractivity contribution in [1.29, 1.82) is 0 Å². The van der Waals surface area contributed by atoms with Gasteiger partial charge in [0.15, 0.2) is 0 Å². The van der Waals surface area contributed by atoms with E-state index in [1.807, 2.05) is 12.1 Å². The molecular weight excluding hydrogens is 391 g/mol. The van der Waals surface area contributed by atoms with Gasteiger partial charge in [-0.1, -0.05) is 116 Å². The van der Waals surface area contributed by atoms with Crippen LogP contribution in [0.15, 0.2) is 29.2 Å². The maximum absolute atomic E-state index is 11.1. The summed E-state index contributed by atoms with van der Waals surface area (Å²) in [7, 11) is -4.09. The predicted molar refractivity (Wildman–Crippen MR) is 121 cm³/mol. The van der Waals surface area contributed by atoms with Crippen molar-refractivity contribution >= 4 is 10.1 Å². The van der Waals surface area contributed by atoms with Gasteiger partial charge in [0.2, 0.25) is 0 Å². The second-order valence-electron chi connectivity index (χ2n) is 8.33. The van der Waals surface area contributed by atoms with Crippen molar-refractivity contribution in [2.24, 2.45) is 0 Å². The zero-order chi connectivity index (χ0) is 20.7. The van der Waals surface area contributed by atoms with Gasteiger partial charge in [0.25, 0.3) is 10.1 Å². The minimum Gasteiger partial charge on any atom is -1.00 e. The van der Waals surface area contributed by atoms with E-state index in [-0.39, 0.29) is 35.9 Å². The van der Waals surface area contributed by atoms with Crippen LogP contribution in [0.25, 0.3) is 0 Å². The number of unbranched alkanes of at least 4 members (excludes halogenated alkanes) is 13. The summed E-state index contributed by atoms with van der Waals surface area (Å²) in [4.78, 5) is -0.0278. The molecule has 0 amide bonds.